The fourth-order valence-corrected chi connectivity index (χ4v) is 4.07. The van der Waals surface area contributed by atoms with Crippen molar-refractivity contribution < 1.29 is 9.53 Å². The van der Waals surface area contributed by atoms with Crippen LogP contribution in [-0.2, 0) is 11.3 Å². The molecular weight excluding hydrogens is 350 g/mol. The Morgan fingerprint density at radius 3 is 2.68 bits per heavy atom. The number of amides is 1. The van der Waals surface area contributed by atoms with Gasteiger partial charge in [-0.15, -0.1) is 0 Å². The summed E-state index contributed by atoms with van der Waals surface area (Å²) in [6, 6.07) is 14.5. The summed E-state index contributed by atoms with van der Waals surface area (Å²) in [5, 5.41) is 0. The zero-order valence-electron chi connectivity index (χ0n) is 16.6. The lowest BCUT2D eigenvalue weighted by Gasteiger charge is -2.40. The van der Waals surface area contributed by atoms with Crippen LogP contribution in [0.1, 0.15) is 30.5 Å². The second kappa shape index (κ2) is 8.74. The molecule has 1 atom stereocenters. The van der Waals surface area contributed by atoms with E-state index >= 15 is 0 Å². The van der Waals surface area contributed by atoms with Gasteiger partial charge in [-0.1, -0.05) is 30.3 Å². The van der Waals surface area contributed by atoms with E-state index in [1.165, 1.54) is 5.56 Å². The van der Waals surface area contributed by atoms with Gasteiger partial charge in [-0.05, 0) is 57.0 Å². The van der Waals surface area contributed by atoms with Gasteiger partial charge in [0, 0.05) is 18.2 Å². The molecule has 0 radical (unpaired) electrons. The molecule has 0 saturated carbocycles. The molecule has 1 unspecified atom stereocenters. The van der Waals surface area contributed by atoms with Crippen LogP contribution in [-0.4, -0.2) is 53.0 Å². The molecule has 5 nitrogen and oxygen atoms in total. The van der Waals surface area contributed by atoms with E-state index in [1.54, 1.807) is 6.20 Å². The quantitative estimate of drug-likeness (QED) is 0.800. The maximum atomic E-state index is 12.9. The van der Waals surface area contributed by atoms with Crippen LogP contribution in [0.5, 0.6) is 5.75 Å². The Balaban J connectivity index is 1.23. The number of aryl methyl sites for hydroxylation is 1. The molecule has 2 saturated heterocycles. The number of hydrogen-bond acceptors (Lipinski definition) is 4. The lowest BCUT2D eigenvalue weighted by atomic mass is 9.97. The summed E-state index contributed by atoms with van der Waals surface area (Å²) in [5.74, 6) is 1.25. The largest absolute Gasteiger partial charge is 0.485 e. The fourth-order valence-electron chi connectivity index (χ4n) is 4.07. The van der Waals surface area contributed by atoms with Crippen molar-refractivity contribution in [2.24, 2.45) is 5.92 Å². The number of carbonyl (C=O) groups is 1. The molecule has 0 aliphatic carbocycles. The number of rotatable bonds is 5. The van der Waals surface area contributed by atoms with Gasteiger partial charge in [0.05, 0.1) is 19.3 Å². The number of pyridine rings is 1. The zero-order chi connectivity index (χ0) is 19.3. The first-order chi connectivity index (χ1) is 13.7. The molecule has 0 bridgehead atoms. The first-order valence-electron chi connectivity index (χ1n) is 10.3. The van der Waals surface area contributed by atoms with Crippen LogP contribution >= 0.6 is 0 Å². The lowest BCUT2D eigenvalue weighted by Crippen LogP contribution is -2.57. The minimum absolute atomic E-state index is 0.0915. The Hall–Kier alpha value is -2.40. The third-order valence-corrected chi connectivity index (χ3v) is 5.77. The molecule has 2 fully saturated rings. The van der Waals surface area contributed by atoms with Gasteiger partial charge in [0.2, 0.25) is 5.91 Å². The number of nitrogens with zero attached hydrogens (tertiary/aromatic N) is 3. The summed E-state index contributed by atoms with van der Waals surface area (Å²) in [6.45, 7) is 6.39. The van der Waals surface area contributed by atoms with Crippen molar-refractivity contribution in [3.05, 3.63) is 59.9 Å². The average Bonchev–Trinajstić information content (AvgIpc) is 2.92. The van der Waals surface area contributed by atoms with Crippen molar-refractivity contribution in [3.8, 4) is 5.75 Å². The molecule has 2 aliphatic heterocycles. The van der Waals surface area contributed by atoms with Crippen LogP contribution in [0.3, 0.4) is 0 Å². The summed E-state index contributed by atoms with van der Waals surface area (Å²) in [5.41, 5.74) is 2.33. The van der Waals surface area contributed by atoms with Crippen LogP contribution < -0.4 is 4.74 Å². The molecule has 1 amide bonds. The Kier molecular flexibility index (Phi) is 5.91. The highest BCUT2D eigenvalue weighted by molar-refractivity contribution is 5.79. The van der Waals surface area contributed by atoms with Gasteiger partial charge in [0.15, 0.2) is 0 Å². The monoisotopic (exact) mass is 379 g/mol. The molecule has 148 valence electrons. The van der Waals surface area contributed by atoms with Gasteiger partial charge in [-0.3, -0.25) is 14.7 Å². The number of aromatic nitrogens is 1. The van der Waals surface area contributed by atoms with Gasteiger partial charge in [-0.2, -0.15) is 0 Å². The van der Waals surface area contributed by atoms with Crippen molar-refractivity contribution in [1.82, 2.24) is 14.8 Å². The molecule has 2 aromatic rings. The number of ether oxygens (including phenoxy) is 1. The van der Waals surface area contributed by atoms with Crippen LogP contribution in [0.4, 0.5) is 0 Å². The second-order valence-electron chi connectivity index (χ2n) is 8.01. The highest BCUT2D eigenvalue weighted by atomic mass is 16.5. The Labute approximate surface area is 167 Å². The molecule has 2 aliphatic rings. The summed E-state index contributed by atoms with van der Waals surface area (Å²) >= 11 is 0. The predicted octanol–water partition coefficient (Wildman–Crippen LogP) is 3.28. The van der Waals surface area contributed by atoms with E-state index in [2.05, 4.69) is 40.2 Å². The average molecular weight is 380 g/mol. The summed E-state index contributed by atoms with van der Waals surface area (Å²) in [4.78, 5) is 21.6. The summed E-state index contributed by atoms with van der Waals surface area (Å²) in [6.07, 6.45) is 4.89. The summed E-state index contributed by atoms with van der Waals surface area (Å²) < 4.78 is 5.92. The number of carbonyl (C=O) groups excluding carboxylic acids is 1. The topological polar surface area (TPSA) is 45.7 Å². The number of hydrogen-bond donors (Lipinski definition) is 0. The zero-order valence-corrected chi connectivity index (χ0v) is 16.6. The van der Waals surface area contributed by atoms with Crippen molar-refractivity contribution >= 4 is 5.91 Å². The van der Waals surface area contributed by atoms with Crippen molar-refractivity contribution in [3.63, 3.8) is 0 Å². The van der Waals surface area contributed by atoms with Crippen LogP contribution in [0.2, 0.25) is 0 Å². The summed E-state index contributed by atoms with van der Waals surface area (Å²) in [7, 11) is 0. The highest BCUT2D eigenvalue weighted by Gasteiger charge is 2.36. The lowest BCUT2D eigenvalue weighted by molar-refractivity contribution is -0.144. The van der Waals surface area contributed by atoms with Gasteiger partial charge in [0.25, 0.3) is 0 Å². The van der Waals surface area contributed by atoms with E-state index in [0.29, 0.717) is 19.0 Å². The molecule has 28 heavy (non-hydrogen) atoms. The Morgan fingerprint density at radius 1 is 1.11 bits per heavy atom. The van der Waals surface area contributed by atoms with Gasteiger partial charge in [-0.25, -0.2) is 0 Å². The van der Waals surface area contributed by atoms with Crippen LogP contribution in [0.15, 0.2) is 48.7 Å². The second-order valence-corrected chi connectivity index (χ2v) is 8.01. The van der Waals surface area contributed by atoms with Gasteiger partial charge >= 0.3 is 0 Å². The third kappa shape index (κ3) is 4.71. The minimum atomic E-state index is 0.0915. The molecule has 3 heterocycles. The van der Waals surface area contributed by atoms with Crippen molar-refractivity contribution in [2.75, 3.05) is 26.2 Å². The smallest absolute Gasteiger partial charge is 0.225 e. The third-order valence-electron chi connectivity index (χ3n) is 5.77. The van der Waals surface area contributed by atoms with Crippen molar-refractivity contribution in [2.45, 2.75) is 38.8 Å². The Morgan fingerprint density at radius 2 is 1.93 bits per heavy atom. The van der Waals surface area contributed by atoms with E-state index in [0.717, 1.165) is 50.3 Å². The van der Waals surface area contributed by atoms with Crippen molar-refractivity contribution in [1.29, 1.82) is 0 Å². The highest BCUT2D eigenvalue weighted by Crippen LogP contribution is 2.25. The fraction of sp³-hybridized carbons (Fsp3) is 0.478. The number of likely N-dealkylation sites (tertiary alicyclic amines) is 2. The first-order valence-corrected chi connectivity index (χ1v) is 10.3. The number of benzene rings is 1. The molecule has 0 spiro atoms. The van der Waals surface area contributed by atoms with E-state index in [4.69, 9.17) is 4.74 Å². The first kappa shape index (κ1) is 18.9. The van der Waals surface area contributed by atoms with Gasteiger partial charge in [0.1, 0.15) is 11.9 Å². The maximum Gasteiger partial charge on any atom is 0.225 e. The SMILES string of the molecule is Cc1ccc(OC2CN(C(=O)C3CCCN(Cc4ccccc4)CC3)C2)cn1. The van der Waals surface area contributed by atoms with E-state index in [1.807, 2.05) is 24.0 Å². The molecule has 0 N–H and O–H groups in total. The molecular formula is C23H29N3O2. The van der Waals surface area contributed by atoms with Gasteiger partial charge < -0.3 is 9.64 Å². The molecule has 1 aromatic carbocycles. The van der Waals surface area contributed by atoms with Crippen LogP contribution in [0.25, 0.3) is 0 Å². The van der Waals surface area contributed by atoms with E-state index < -0.39 is 0 Å². The predicted molar refractivity (Wildman–Crippen MR) is 109 cm³/mol. The standard InChI is InChI=1S/C23H29N3O2/c1-18-9-10-21(14-24-18)28-22-16-26(17-22)23(27)20-8-5-12-25(13-11-20)15-19-6-3-2-4-7-19/h2-4,6-7,9-10,14,20,22H,5,8,11-13,15-17H2,1H3. The molecule has 1 aromatic heterocycles. The normalized spacial score (nSPS) is 21.0. The maximum absolute atomic E-state index is 12.9. The van der Waals surface area contributed by atoms with E-state index in [-0.39, 0.29) is 12.0 Å². The Bertz CT molecular complexity index is 772. The molecule has 5 heteroatoms. The molecule has 4 rings (SSSR count). The van der Waals surface area contributed by atoms with E-state index in [9.17, 15) is 4.79 Å². The minimum Gasteiger partial charge on any atom is -0.485 e. The van der Waals surface area contributed by atoms with Crippen LogP contribution in [0, 0.1) is 12.8 Å².